The first-order valence-corrected chi connectivity index (χ1v) is 6.05. The zero-order chi connectivity index (χ0) is 12.2. The minimum atomic E-state index is -6.00. The molecule has 0 atom stereocenters. The van der Waals surface area contributed by atoms with Crippen molar-refractivity contribution in [3.63, 3.8) is 0 Å². The molecule has 86 valence electrons. The summed E-state index contributed by atoms with van der Waals surface area (Å²) in [5, 5.41) is 0. The molecule has 0 aliphatic rings. The van der Waals surface area contributed by atoms with Crippen molar-refractivity contribution in [2.75, 3.05) is 12.5 Å². The largest absolute Gasteiger partial charge is 0.177 e. The van der Waals surface area contributed by atoms with E-state index < -0.39 is 7.25 Å². The number of hydrogen-bond donors (Lipinski definition) is 0. The van der Waals surface area contributed by atoms with E-state index in [0.717, 1.165) is 0 Å². The maximum Gasteiger partial charge on any atom is 0.0680 e. The second kappa shape index (κ2) is 12.8. The minimum Gasteiger partial charge on any atom is -0.177 e. The van der Waals surface area contributed by atoms with Crippen molar-refractivity contribution >= 4 is 27.7 Å². The first-order valence-electron chi connectivity index (χ1n) is 2.74. The summed E-state index contributed by atoms with van der Waals surface area (Å²) in [5.74, 6) is 0. The molecule has 0 heterocycles. The summed E-state index contributed by atoms with van der Waals surface area (Å²) in [6.45, 7) is 0. The average molecular weight is 275 g/mol. The summed E-state index contributed by atoms with van der Waals surface area (Å²) < 4.78 is 39.0. The van der Waals surface area contributed by atoms with Gasteiger partial charge < -0.3 is 17.3 Å². The monoisotopic (exact) mass is 275 g/mol. The SMILES string of the molecule is F[B-](F)(F)F.O=[C]=[Fe]=[C]=O.[CH2-][S+](C)C. The third-order valence-corrected chi connectivity index (χ3v) is 0.298. The van der Waals surface area contributed by atoms with Gasteiger partial charge in [0.25, 0.3) is 0 Å². The third-order valence-electron chi connectivity index (χ3n) is 0.0722. The molecule has 0 amide bonds. The minimum absolute atomic E-state index is 0.222. The molecule has 0 rings (SSSR count). The van der Waals surface area contributed by atoms with Gasteiger partial charge in [0.15, 0.2) is 0 Å². The molecule has 0 N–H and O–H groups in total. The maximum atomic E-state index is 9.75. The first-order chi connectivity index (χ1) is 6.15. The molecule has 0 radical (unpaired) electrons. The fraction of sp³-hybridized carbons (Fsp3) is 0.400. The predicted molar refractivity (Wildman–Crippen MR) is 46.1 cm³/mol. The van der Waals surface area contributed by atoms with Gasteiger partial charge in [-0.05, 0) is 0 Å². The van der Waals surface area contributed by atoms with Crippen molar-refractivity contribution in [1.82, 2.24) is 0 Å². The van der Waals surface area contributed by atoms with Gasteiger partial charge in [0.2, 0.25) is 0 Å². The van der Waals surface area contributed by atoms with Crippen LogP contribution >= 0.6 is 0 Å². The first kappa shape index (κ1) is 19.4. The van der Waals surface area contributed by atoms with Crippen LogP contribution in [0.3, 0.4) is 0 Å². The van der Waals surface area contributed by atoms with Gasteiger partial charge in [-0.2, -0.15) is 10.9 Å². The molecule has 0 bridgehead atoms. The number of hydrogen-bond acceptors (Lipinski definition) is 2. The van der Waals surface area contributed by atoms with Gasteiger partial charge >= 0.3 is 40.5 Å². The number of carbonyl (C=O) groups excluding carboxylic acids is 2. The molecule has 0 aliphatic heterocycles. The summed E-state index contributed by atoms with van der Waals surface area (Å²) in [5.41, 5.74) is 0. The molecule has 0 fully saturated rings. The van der Waals surface area contributed by atoms with Gasteiger partial charge in [0.1, 0.15) is 0 Å². The quantitative estimate of drug-likeness (QED) is 0.288. The van der Waals surface area contributed by atoms with Gasteiger partial charge in [-0.3, -0.25) is 0 Å². The van der Waals surface area contributed by atoms with Crippen LogP contribution in [0.15, 0.2) is 0 Å². The van der Waals surface area contributed by atoms with Crippen molar-refractivity contribution in [3.05, 3.63) is 6.26 Å². The second-order valence-corrected chi connectivity index (χ2v) is 4.41. The van der Waals surface area contributed by atoms with E-state index in [9.17, 15) is 17.3 Å². The van der Waals surface area contributed by atoms with Crippen molar-refractivity contribution in [1.29, 1.82) is 0 Å². The number of halogens is 4. The molecule has 0 aromatic carbocycles. The topological polar surface area (TPSA) is 34.1 Å². The molecule has 0 saturated heterocycles. The molecule has 14 heavy (non-hydrogen) atoms. The maximum absolute atomic E-state index is 9.75. The van der Waals surface area contributed by atoms with Crippen LogP contribution in [0.2, 0.25) is 0 Å². The molecule has 0 spiro atoms. The molecule has 0 aromatic rings. The van der Waals surface area contributed by atoms with E-state index in [-0.39, 0.29) is 14.1 Å². The van der Waals surface area contributed by atoms with Crippen LogP contribution < -0.4 is 0 Å². The Bertz CT molecular complexity index is 208. The zero-order valence-corrected chi connectivity index (χ0v) is 9.30. The van der Waals surface area contributed by atoms with Gasteiger partial charge in [0, 0.05) is 0 Å². The van der Waals surface area contributed by atoms with E-state index in [1.807, 2.05) is 0 Å². The van der Waals surface area contributed by atoms with Crippen LogP contribution in [0.1, 0.15) is 0 Å². The molecule has 0 aliphatic carbocycles. The molecule has 0 aromatic heterocycles. The van der Waals surface area contributed by atoms with E-state index in [1.165, 1.54) is 9.57 Å². The molecular formula is C5H8BF4FeO2S-. The Hall–Kier alpha value is -0.186. The Morgan fingerprint density at radius 1 is 1.14 bits per heavy atom. The summed E-state index contributed by atoms with van der Waals surface area (Å²) in [7, 11) is -5.61. The molecule has 0 unspecified atom stereocenters. The van der Waals surface area contributed by atoms with Gasteiger partial charge in [-0.15, -0.1) is 6.26 Å². The van der Waals surface area contributed by atoms with Gasteiger partial charge in [-0.1, -0.05) is 0 Å². The van der Waals surface area contributed by atoms with E-state index in [2.05, 4.69) is 18.8 Å². The standard InChI is InChI=1S/C3H8S.2CO.BF4.Fe/c1-4(2)3;2*1-2;2-1(3,4)5;/h1H2,2-3H3;;;;/q;;;-1;. The van der Waals surface area contributed by atoms with Crippen LogP contribution in [-0.4, -0.2) is 29.3 Å². The second-order valence-electron chi connectivity index (χ2n) is 1.71. The molecule has 2 nitrogen and oxygen atoms in total. The van der Waals surface area contributed by atoms with Crippen LogP contribution in [-0.2, 0) is 34.6 Å². The van der Waals surface area contributed by atoms with Crippen molar-refractivity contribution in [2.24, 2.45) is 0 Å². The Kier molecular flexibility index (Phi) is 17.8. The fourth-order valence-electron chi connectivity index (χ4n) is 0.0147. The van der Waals surface area contributed by atoms with Crippen molar-refractivity contribution < 1.29 is 40.9 Å². The normalized spacial score (nSPS) is 8.57. The zero-order valence-electron chi connectivity index (χ0n) is 7.37. The summed E-state index contributed by atoms with van der Waals surface area (Å²) in [4.78, 5) is 20.7. The van der Waals surface area contributed by atoms with Crippen LogP contribution in [0.25, 0.3) is 0 Å². The average Bonchev–Trinajstić information content (AvgIpc) is 1.83. The fourth-order valence-corrected chi connectivity index (χ4v) is 0.0607. The van der Waals surface area contributed by atoms with E-state index in [0.29, 0.717) is 10.9 Å². The summed E-state index contributed by atoms with van der Waals surface area (Å²) in [6.07, 6.45) is 7.83. The van der Waals surface area contributed by atoms with Crippen molar-refractivity contribution in [2.45, 2.75) is 0 Å². The smallest absolute Gasteiger partial charge is 0.0680 e. The summed E-state index contributed by atoms with van der Waals surface area (Å²) >= 11 is -0.222. The molecule has 9 heteroatoms. The third kappa shape index (κ3) is 420. The Morgan fingerprint density at radius 3 is 1.29 bits per heavy atom. The number of rotatable bonds is 0. The van der Waals surface area contributed by atoms with E-state index >= 15 is 0 Å². The van der Waals surface area contributed by atoms with Crippen LogP contribution in [0.5, 0.6) is 0 Å². The van der Waals surface area contributed by atoms with Crippen LogP contribution in [0.4, 0.5) is 17.3 Å². The molecular weight excluding hydrogens is 267 g/mol. The van der Waals surface area contributed by atoms with Gasteiger partial charge in [0.05, 0.1) is 12.5 Å². The van der Waals surface area contributed by atoms with Crippen molar-refractivity contribution in [3.8, 4) is 0 Å². The Labute approximate surface area is 87.8 Å². The Balaban J connectivity index is -0.000000131. The van der Waals surface area contributed by atoms with Crippen LogP contribution in [0, 0.1) is 6.26 Å². The van der Waals surface area contributed by atoms with E-state index in [1.54, 1.807) is 0 Å². The molecule has 0 saturated carbocycles. The predicted octanol–water partition coefficient (Wildman–Crippen LogP) is 1.16. The Morgan fingerprint density at radius 2 is 1.29 bits per heavy atom. The summed E-state index contributed by atoms with van der Waals surface area (Å²) in [6, 6.07) is 0. The van der Waals surface area contributed by atoms with E-state index in [4.69, 9.17) is 9.59 Å². The van der Waals surface area contributed by atoms with Gasteiger partial charge in [-0.25, -0.2) is 0 Å².